The Hall–Kier alpha value is -2.50. The Morgan fingerprint density at radius 1 is 0.923 bits per heavy atom. The standard InChI is InChI=1S/C20H16ClN3OS/c21-18-11-5-4-9-16(18)14-26-20-23-22-19(15-7-2-1-3-8-15)24(20)13-17-10-6-12-25-17/h1-12H,13-14H2. The molecule has 0 fully saturated rings. The molecule has 130 valence electrons. The van der Waals surface area contributed by atoms with Crippen molar-refractivity contribution in [2.45, 2.75) is 17.5 Å². The first kappa shape index (κ1) is 16.9. The van der Waals surface area contributed by atoms with Gasteiger partial charge in [-0.3, -0.25) is 4.57 Å². The van der Waals surface area contributed by atoms with Crippen LogP contribution in [0.4, 0.5) is 0 Å². The van der Waals surface area contributed by atoms with Crippen LogP contribution in [0.15, 0.2) is 82.6 Å². The van der Waals surface area contributed by atoms with E-state index in [1.807, 2.05) is 66.7 Å². The molecule has 4 rings (SSSR count). The zero-order chi connectivity index (χ0) is 17.8. The first-order valence-corrected chi connectivity index (χ1v) is 9.55. The van der Waals surface area contributed by atoms with Gasteiger partial charge in [0.1, 0.15) is 5.76 Å². The summed E-state index contributed by atoms with van der Waals surface area (Å²) in [5.74, 6) is 2.41. The van der Waals surface area contributed by atoms with Crippen molar-refractivity contribution < 1.29 is 4.42 Å². The lowest BCUT2D eigenvalue weighted by Crippen LogP contribution is -2.03. The van der Waals surface area contributed by atoms with E-state index in [1.165, 1.54) is 0 Å². The second-order valence-corrected chi connectivity index (χ2v) is 7.07. The summed E-state index contributed by atoms with van der Waals surface area (Å²) in [7, 11) is 0. The second kappa shape index (κ2) is 7.81. The molecule has 0 saturated carbocycles. The molecule has 0 unspecified atom stereocenters. The van der Waals surface area contributed by atoms with Crippen LogP contribution in [0, 0.1) is 0 Å². The summed E-state index contributed by atoms with van der Waals surface area (Å²) >= 11 is 7.89. The molecule has 0 spiro atoms. The number of hydrogen-bond acceptors (Lipinski definition) is 4. The summed E-state index contributed by atoms with van der Waals surface area (Å²) < 4.78 is 7.61. The molecule has 0 aliphatic rings. The molecule has 0 aliphatic carbocycles. The number of halogens is 1. The van der Waals surface area contributed by atoms with Crippen LogP contribution in [0.1, 0.15) is 11.3 Å². The van der Waals surface area contributed by atoms with Crippen molar-refractivity contribution >= 4 is 23.4 Å². The van der Waals surface area contributed by atoms with Crippen molar-refractivity contribution in [3.63, 3.8) is 0 Å². The van der Waals surface area contributed by atoms with E-state index in [9.17, 15) is 0 Å². The molecule has 2 aromatic heterocycles. The quantitative estimate of drug-likeness (QED) is 0.412. The molecule has 0 bridgehead atoms. The molecule has 26 heavy (non-hydrogen) atoms. The van der Waals surface area contributed by atoms with Crippen molar-refractivity contribution in [1.82, 2.24) is 14.8 Å². The average molecular weight is 382 g/mol. The van der Waals surface area contributed by atoms with Gasteiger partial charge in [-0.15, -0.1) is 10.2 Å². The maximum absolute atomic E-state index is 6.28. The predicted molar refractivity (Wildman–Crippen MR) is 104 cm³/mol. The van der Waals surface area contributed by atoms with Crippen LogP contribution >= 0.6 is 23.4 Å². The van der Waals surface area contributed by atoms with Gasteiger partial charge in [0.2, 0.25) is 0 Å². The van der Waals surface area contributed by atoms with Crippen molar-refractivity contribution in [3.05, 3.63) is 89.3 Å². The monoisotopic (exact) mass is 381 g/mol. The lowest BCUT2D eigenvalue weighted by atomic mass is 10.2. The van der Waals surface area contributed by atoms with Gasteiger partial charge >= 0.3 is 0 Å². The number of benzene rings is 2. The van der Waals surface area contributed by atoms with Crippen molar-refractivity contribution in [2.24, 2.45) is 0 Å². The molecule has 2 heterocycles. The minimum atomic E-state index is 0.578. The molecule has 4 nitrogen and oxygen atoms in total. The van der Waals surface area contributed by atoms with E-state index in [0.717, 1.165) is 38.6 Å². The molecule has 0 radical (unpaired) electrons. The Bertz CT molecular complexity index is 983. The Labute approximate surface area is 160 Å². The third kappa shape index (κ3) is 3.69. The van der Waals surface area contributed by atoms with Gasteiger partial charge in [-0.1, -0.05) is 71.9 Å². The maximum atomic E-state index is 6.28. The van der Waals surface area contributed by atoms with Gasteiger partial charge in [0.05, 0.1) is 12.8 Å². The molecule has 4 aromatic rings. The van der Waals surface area contributed by atoms with E-state index in [1.54, 1.807) is 18.0 Å². The number of furan rings is 1. The number of thioether (sulfide) groups is 1. The maximum Gasteiger partial charge on any atom is 0.192 e. The fourth-order valence-electron chi connectivity index (χ4n) is 2.65. The van der Waals surface area contributed by atoms with Crippen LogP contribution in [0.3, 0.4) is 0 Å². The van der Waals surface area contributed by atoms with Gasteiger partial charge in [-0.25, -0.2) is 0 Å². The van der Waals surface area contributed by atoms with E-state index in [4.69, 9.17) is 16.0 Å². The zero-order valence-electron chi connectivity index (χ0n) is 13.9. The molecule has 0 saturated heterocycles. The number of aromatic nitrogens is 3. The second-order valence-electron chi connectivity index (χ2n) is 5.72. The molecule has 0 atom stereocenters. The molecule has 6 heteroatoms. The lowest BCUT2D eigenvalue weighted by molar-refractivity contribution is 0.485. The zero-order valence-corrected chi connectivity index (χ0v) is 15.5. The first-order valence-electron chi connectivity index (χ1n) is 8.18. The van der Waals surface area contributed by atoms with Crippen LogP contribution in [-0.2, 0) is 12.3 Å². The molecular formula is C20H16ClN3OS. The van der Waals surface area contributed by atoms with Gasteiger partial charge in [-0.2, -0.15) is 0 Å². The largest absolute Gasteiger partial charge is 0.467 e. The normalized spacial score (nSPS) is 11.0. The van der Waals surface area contributed by atoms with Crippen LogP contribution in [0.5, 0.6) is 0 Å². The predicted octanol–water partition coefficient (Wildman–Crippen LogP) is 5.53. The van der Waals surface area contributed by atoms with Crippen molar-refractivity contribution in [1.29, 1.82) is 0 Å². The Morgan fingerprint density at radius 2 is 1.73 bits per heavy atom. The third-order valence-corrected chi connectivity index (χ3v) is 5.34. The lowest BCUT2D eigenvalue weighted by Gasteiger charge is -2.09. The smallest absolute Gasteiger partial charge is 0.192 e. The first-order chi connectivity index (χ1) is 12.8. The highest BCUT2D eigenvalue weighted by Crippen LogP contribution is 2.29. The van der Waals surface area contributed by atoms with Gasteiger partial charge in [-0.05, 0) is 23.8 Å². The van der Waals surface area contributed by atoms with E-state index in [-0.39, 0.29) is 0 Å². The van der Waals surface area contributed by atoms with Gasteiger partial charge < -0.3 is 4.42 Å². The van der Waals surface area contributed by atoms with Gasteiger partial charge in [0, 0.05) is 16.3 Å². The summed E-state index contributed by atoms with van der Waals surface area (Å²) in [6.45, 7) is 0.578. The topological polar surface area (TPSA) is 43.9 Å². The summed E-state index contributed by atoms with van der Waals surface area (Å²) in [4.78, 5) is 0. The van der Waals surface area contributed by atoms with E-state index in [0.29, 0.717) is 6.54 Å². The number of nitrogens with zero attached hydrogens (tertiary/aromatic N) is 3. The van der Waals surface area contributed by atoms with Gasteiger partial charge in [0.25, 0.3) is 0 Å². The Kier molecular flexibility index (Phi) is 5.09. The van der Waals surface area contributed by atoms with Crippen LogP contribution in [0.2, 0.25) is 5.02 Å². The molecule has 2 aromatic carbocycles. The third-order valence-electron chi connectivity index (χ3n) is 3.96. The van der Waals surface area contributed by atoms with Crippen molar-refractivity contribution in [3.8, 4) is 11.4 Å². The van der Waals surface area contributed by atoms with E-state index >= 15 is 0 Å². The van der Waals surface area contributed by atoms with E-state index in [2.05, 4.69) is 14.8 Å². The summed E-state index contributed by atoms with van der Waals surface area (Å²) in [5, 5.41) is 10.4. The fraction of sp³-hybridized carbons (Fsp3) is 0.100. The summed E-state index contributed by atoms with van der Waals surface area (Å²) in [5.41, 5.74) is 2.10. The highest BCUT2D eigenvalue weighted by molar-refractivity contribution is 7.98. The summed E-state index contributed by atoms with van der Waals surface area (Å²) in [6.07, 6.45) is 1.68. The molecular weight excluding hydrogens is 366 g/mol. The molecule has 0 aliphatic heterocycles. The highest BCUT2D eigenvalue weighted by Gasteiger charge is 2.16. The van der Waals surface area contributed by atoms with E-state index < -0.39 is 0 Å². The number of hydrogen-bond donors (Lipinski definition) is 0. The van der Waals surface area contributed by atoms with Crippen LogP contribution in [0.25, 0.3) is 11.4 Å². The van der Waals surface area contributed by atoms with Crippen LogP contribution < -0.4 is 0 Å². The number of rotatable bonds is 6. The molecule has 0 amide bonds. The summed E-state index contributed by atoms with van der Waals surface area (Å²) in [6, 6.07) is 21.8. The minimum absolute atomic E-state index is 0.578. The fourth-order valence-corrected chi connectivity index (χ4v) is 3.88. The average Bonchev–Trinajstić information content (AvgIpc) is 3.32. The van der Waals surface area contributed by atoms with Crippen molar-refractivity contribution in [2.75, 3.05) is 0 Å². The molecule has 0 N–H and O–H groups in total. The van der Waals surface area contributed by atoms with Gasteiger partial charge in [0.15, 0.2) is 11.0 Å². The SMILES string of the molecule is Clc1ccccc1CSc1nnc(-c2ccccc2)n1Cc1ccco1. The Morgan fingerprint density at radius 3 is 2.50 bits per heavy atom. The van der Waals surface area contributed by atoms with Crippen LogP contribution in [-0.4, -0.2) is 14.8 Å². The Balaban J connectivity index is 1.65. The highest BCUT2D eigenvalue weighted by atomic mass is 35.5. The minimum Gasteiger partial charge on any atom is -0.467 e.